The lowest BCUT2D eigenvalue weighted by Gasteiger charge is -2.11. The van der Waals surface area contributed by atoms with Gasteiger partial charge in [0.15, 0.2) is 0 Å². The molecule has 1 rings (SSSR count). The van der Waals surface area contributed by atoms with Gasteiger partial charge in [0.2, 0.25) is 0 Å². The Morgan fingerprint density at radius 3 is 2.38 bits per heavy atom. The van der Waals surface area contributed by atoms with Crippen LogP contribution in [-0.4, -0.2) is 6.16 Å². The molecule has 0 nitrogen and oxygen atoms in total. The van der Waals surface area contributed by atoms with Crippen LogP contribution in [0.5, 0.6) is 0 Å². The highest BCUT2D eigenvalue weighted by Gasteiger charge is 2.03. The highest BCUT2D eigenvalue weighted by Crippen LogP contribution is 2.35. The topological polar surface area (TPSA) is 0 Å². The minimum Gasteiger partial charge on any atom is -0.103 e. The van der Waals surface area contributed by atoms with Gasteiger partial charge in [0.1, 0.15) is 0 Å². The molecule has 0 aliphatic carbocycles. The zero-order chi connectivity index (χ0) is 9.52. The summed E-state index contributed by atoms with van der Waals surface area (Å²) in [4.78, 5) is 0. The number of hydrogen-bond donors (Lipinski definition) is 0. The fourth-order valence-electron chi connectivity index (χ4n) is 1.18. The molecular formula is C12H15P. The first-order valence-electron chi connectivity index (χ1n) is 4.43. The Labute approximate surface area is 81.7 Å². The highest BCUT2D eigenvalue weighted by molar-refractivity contribution is 7.68. The van der Waals surface area contributed by atoms with Crippen molar-refractivity contribution in [2.45, 2.75) is 6.42 Å². The van der Waals surface area contributed by atoms with Crippen molar-refractivity contribution in [3.05, 3.63) is 55.4 Å². The van der Waals surface area contributed by atoms with E-state index in [1.807, 2.05) is 12.1 Å². The summed E-state index contributed by atoms with van der Waals surface area (Å²) in [6.45, 7) is 7.62. The largest absolute Gasteiger partial charge is 0.103 e. The smallest absolute Gasteiger partial charge is 0.0201 e. The molecule has 0 bridgehead atoms. The van der Waals surface area contributed by atoms with Crippen molar-refractivity contribution in [1.29, 1.82) is 0 Å². The summed E-state index contributed by atoms with van der Waals surface area (Å²) in [6.07, 6.45) is 4.22. The van der Waals surface area contributed by atoms with Crippen molar-refractivity contribution in [2.24, 2.45) is 0 Å². The highest BCUT2D eigenvalue weighted by atomic mass is 31.1. The third-order valence-corrected chi connectivity index (χ3v) is 4.02. The molecule has 1 aromatic carbocycles. The second-order valence-electron chi connectivity index (χ2n) is 2.79. The van der Waals surface area contributed by atoms with Crippen LogP contribution in [0.4, 0.5) is 0 Å². The number of rotatable bonds is 5. The van der Waals surface area contributed by atoms with Crippen molar-refractivity contribution in [3.63, 3.8) is 0 Å². The summed E-state index contributed by atoms with van der Waals surface area (Å²) in [7, 11) is -0.167. The van der Waals surface area contributed by atoms with Crippen LogP contribution in [0.3, 0.4) is 0 Å². The molecule has 0 saturated heterocycles. The Morgan fingerprint density at radius 1 is 1.15 bits per heavy atom. The molecule has 1 atom stereocenters. The summed E-state index contributed by atoms with van der Waals surface area (Å²) >= 11 is 0. The predicted molar refractivity (Wildman–Crippen MR) is 62.9 cm³/mol. The van der Waals surface area contributed by atoms with Gasteiger partial charge in [0, 0.05) is 0 Å². The van der Waals surface area contributed by atoms with Gasteiger partial charge in [-0.25, -0.2) is 0 Å². The van der Waals surface area contributed by atoms with Crippen molar-refractivity contribution in [2.75, 3.05) is 6.16 Å². The van der Waals surface area contributed by atoms with E-state index in [0.717, 1.165) is 6.42 Å². The molecular weight excluding hydrogens is 175 g/mol. The SMILES string of the molecule is C=CCCP(C=C)c1ccccc1. The second-order valence-corrected chi connectivity index (χ2v) is 5.06. The van der Waals surface area contributed by atoms with Crippen LogP contribution < -0.4 is 5.30 Å². The van der Waals surface area contributed by atoms with Crippen molar-refractivity contribution in [3.8, 4) is 0 Å². The molecule has 68 valence electrons. The monoisotopic (exact) mass is 190 g/mol. The molecule has 0 aromatic heterocycles. The summed E-state index contributed by atoms with van der Waals surface area (Å²) in [6, 6.07) is 10.6. The fraction of sp³-hybridized carbons (Fsp3) is 0.167. The van der Waals surface area contributed by atoms with Gasteiger partial charge in [-0.05, 0) is 17.9 Å². The van der Waals surface area contributed by atoms with Crippen LogP contribution in [-0.2, 0) is 0 Å². The van der Waals surface area contributed by atoms with Crippen molar-refractivity contribution in [1.82, 2.24) is 0 Å². The molecule has 0 amide bonds. The molecule has 0 N–H and O–H groups in total. The molecule has 1 heteroatoms. The summed E-state index contributed by atoms with van der Waals surface area (Å²) in [5, 5.41) is 1.41. The van der Waals surface area contributed by atoms with Gasteiger partial charge in [-0.1, -0.05) is 56.7 Å². The zero-order valence-electron chi connectivity index (χ0n) is 7.82. The zero-order valence-corrected chi connectivity index (χ0v) is 8.71. The van der Waals surface area contributed by atoms with Crippen LogP contribution in [0.1, 0.15) is 6.42 Å². The molecule has 1 aromatic rings. The van der Waals surface area contributed by atoms with Crippen LogP contribution in [0.25, 0.3) is 0 Å². The molecule has 0 saturated carbocycles. The quantitative estimate of drug-likeness (QED) is 0.492. The first kappa shape index (κ1) is 10.2. The average Bonchev–Trinajstić information content (AvgIpc) is 2.21. The van der Waals surface area contributed by atoms with E-state index in [0.29, 0.717) is 0 Å². The van der Waals surface area contributed by atoms with Gasteiger partial charge in [-0.3, -0.25) is 0 Å². The Hall–Kier alpha value is -0.870. The Bertz CT molecular complexity index is 264. The minimum absolute atomic E-state index is 0.167. The molecule has 0 aliphatic heterocycles. The number of hydrogen-bond acceptors (Lipinski definition) is 0. The van der Waals surface area contributed by atoms with Crippen molar-refractivity contribution < 1.29 is 0 Å². The van der Waals surface area contributed by atoms with Gasteiger partial charge in [0.05, 0.1) is 0 Å². The summed E-state index contributed by atoms with van der Waals surface area (Å²) < 4.78 is 0. The first-order valence-corrected chi connectivity index (χ1v) is 6.03. The number of allylic oxidation sites excluding steroid dienone is 1. The van der Waals surface area contributed by atoms with E-state index in [4.69, 9.17) is 0 Å². The number of benzene rings is 1. The van der Waals surface area contributed by atoms with E-state index in [-0.39, 0.29) is 7.92 Å². The van der Waals surface area contributed by atoms with E-state index in [9.17, 15) is 0 Å². The lowest BCUT2D eigenvalue weighted by molar-refractivity contribution is 1.24. The normalized spacial score (nSPS) is 12.0. The molecule has 0 fully saturated rings. The van der Waals surface area contributed by atoms with Gasteiger partial charge >= 0.3 is 0 Å². The van der Waals surface area contributed by atoms with Crippen LogP contribution >= 0.6 is 7.92 Å². The fourth-order valence-corrected chi connectivity index (χ4v) is 2.84. The van der Waals surface area contributed by atoms with Gasteiger partial charge < -0.3 is 0 Å². The lowest BCUT2D eigenvalue weighted by atomic mass is 10.4. The van der Waals surface area contributed by atoms with E-state index < -0.39 is 0 Å². The van der Waals surface area contributed by atoms with Gasteiger partial charge in [-0.15, -0.1) is 6.58 Å². The summed E-state index contributed by atoms with van der Waals surface area (Å²) in [5.41, 5.74) is 0. The molecule has 1 unspecified atom stereocenters. The molecule has 0 radical (unpaired) electrons. The standard InChI is InChI=1S/C12H15P/c1-3-5-11-13(4-2)12-9-7-6-8-10-12/h3-4,6-10H,1-2,5,11H2. The Morgan fingerprint density at radius 2 is 1.85 bits per heavy atom. The van der Waals surface area contributed by atoms with Crippen molar-refractivity contribution >= 4 is 13.2 Å². The predicted octanol–water partition coefficient (Wildman–Crippen LogP) is 3.51. The van der Waals surface area contributed by atoms with E-state index in [1.54, 1.807) is 0 Å². The average molecular weight is 190 g/mol. The van der Waals surface area contributed by atoms with Crippen LogP contribution in [0, 0.1) is 0 Å². The van der Waals surface area contributed by atoms with Crippen LogP contribution in [0.2, 0.25) is 0 Å². The third-order valence-electron chi connectivity index (χ3n) is 1.88. The maximum absolute atomic E-state index is 3.88. The Balaban J connectivity index is 2.66. The maximum Gasteiger partial charge on any atom is -0.0201 e. The van der Waals surface area contributed by atoms with Gasteiger partial charge in [0.25, 0.3) is 0 Å². The Kier molecular flexibility index (Phi) is 4.49. The third kappa shape index (κ3) is 3.16. The summed E-state index contributed by atoms with van der Waals surface area (Å²) in [5.74, 6) is 2.08. The molecule has 0 heterocycles. The van der Waals surface area contributed by atoms with E-state index >= 15 is 0 Å². The second kappa shape index (κ2) is 5.72. The molecule has 0 spiro atoms. The minimum atomic E-state index is -0.167. The van der Waals surface area contributed by atoms with Crippen LogP contribution in [0.15, 0.2) is 55.4 Å². The van der Waals surface area contributed by atoms with Gasteiger partial charge in [-0.2, -0.15) is 0 Å². The van der Waals surface area contributed by atoms with E-state index in [2.05, 4.69) is 43.2 Å². The maximum atomic E-state index is 3.88. The molecule has 0 aliphatic rings. The van der Waals surface area contributed by atoms with E-state index in [1.165, 1.54) is 11.5 Å². The first-order chi connectivity index (χ1) is 6.38. The molecule has 13 heavy (non-hydrogen) atoms. The lowest BCUT2D eigenvalue weighted by Crippen LogP contribution is -1.99.